The van der Waals surface area contributed by atoms with Crippen LogP contribution in [0.4, 0.5) is 26.3 Å². The van der Waals surface area contributed by atoms with Crippen LogP contribution in [0.3, 0.4) is 0 Å². The molecule has 6 heteroatoms. The molecule has 0 aliphatic rings. The van der Waals surface area contributed by atoms with E-state index in [0.29, 0.717) is 6.42 Å². The van der Waals surface area contributed by atoms with Crippen LogP contribution < -0.4 is 0 Å². The Hall–Kier alpha value is -1.20. The van der Waals surface area contributed by atoms with Gasteiger partial charge in [0.15, 0.2) is 0 Å². The van der Waals surface area contributed by atoms with Gasteiger partial charge in [-0.1, -0.05) is 32.6 Å². The third-order valence-corrected chi connectivity index (χ3v) is 3.22. The summed E-state index contributed by atoms with van der Waals surface area (Å²) in [6.07, 6.45) is -4.89. The molecule has 120 valence electrons. The number of alkyl halides is 6. The highest BCUT2D eigenvalue weighted by atomic mass is 19.4. The molecule has 0 amide bonds. The Morgan fingerprint density at radius 3 is 1.62 bits per heavy atom. The van der Waals surface area contributed by atoms with Crippen LogP contribution in [0.5, 0.6) is 0 Å². The van der Waals surface area contributed by atoms with E-state index in [1.807, 2.05) is 6.92 Å². The smallest absolute Gasteiger partial charge is 0.166 e. The van der Waals surface area contributed by atoms with Crippen LogP contribution >= 0.6 is 0 Å². The zero-order valence-corrected chi connectivity index (χ0v) is 11.7. The third-order valence-electron chi connectivity index (χ3n) is 3.22. The van der Waals surface area contributed by atoms with Gasteiger partial charge in [-0.25, -0.2) is 0 Å². The van der Waals surface area contributed by atoms with E-state index in [0.717, 1.165) is 37.8 Å². The second kappa shape index (κ2) is 7.18. The van der Waals surface area contributed by atoms with E-state index in [9.17, 15) is 26.3 Å². The lowest BCUT2D eigenvalue weighted by Crippen LogP contribution is -2.11. The van der Waals surface area contributed by atoms with Crippen molar-refractivity contribution in [1.29, 1.82) is 0 Å². The average molecular weight is 312 g/mol. The van der Waals surface area contributed by atoms with Gasteiger partial charge in [0.25, 0.3) is 0 Å². The molecule has 0 aliphatic carbocycles. The van der Waals surface area contributed by atoms with Gasteiger partial charge >= 0.3 is 12.4 Å². The minimum absolute atomic E-state index is 0.0913. The Morgan fingerprint density at radius 2 is 1.19 bits per heavy atom. The molecule has 1 aromatic carbocycles. The summed E-state index contributed by atoms with van der Waals surface area (Å²) in [5, 5.41) is 0. The standard InChI is InChI=1S/C15H18F6/c1-2-3-4-5-6-7-11-8-12(14(16,17)18)10-13(9-11)15(19,20)21/h8-10H,2-7H2,1H3. The summed E-state index contributed by atoms with van der Waals surface area (Å²) in [5.74, 6) is 0. The number of hydrogen-bond acceptors (Lipinski definition) is 0. The molecule has 0 fully saturated rings. The number of hydrogen-bond donors (Lipinski definition) is 0. The van der Waals surface area contributed by atoms with Crippen molar-refractivity contribution in [3.63, 3.8) is 0 Å². The number of halogens is 6. The van der Waals surface area contributed by atoms with E-state index < -0.39 is 23.5 Å². The van der Waals surface area contributed by atoms with Crippen molar-refractivity contribution in [1.82, 2.24) is 0 Å². The maximum absolute atomic E-state index is 12.7. The lowest BCUT2D eigenvalue weighted by molar-refractivity contribution is -0.143. The zero-order valence-electron chi connectivity index (χ0n) is 11.7. The van der Waals surface area contributed by atoms with E-state index in [1.165, 1.54) is 0 Å². The summed E-state index contributed by atoms with van der Waals surface area (Å²) in [6, 6.07) is 1.80. The lowest BCUT2D eigenvalue weighted by Gasteiger charge is -2.14. The van der Waals surface area contributed by atoms with Crippen LogP contribution in [0, 0.1) is 0 Å². The monoisotopic (exact) mass is 312 g/mol. The summed E-state index contributed by atoms with van der Waals surface area (Å²) < 4.78 is 75.9. The molecule has 0 unspecified atom stereocenters. The molecule has 0 atom stereocenters. The molecule has 0 spiro atoms. The maximum Gasteiger partial charge on any atom is 0.416 e. The van der Waals surface area contributed by atoms with Crippen LogP contribution in [0.1, 0.15) is 55.7 Å². The Morgan fingerprint density at radius 1 is 0.714 bits per heavy atom. The highest BCUT2D eigenvalue weighted by molar-refractivity contribution is 5.33. The molecular formula is C15H18F6. The van der Waals surface area contributed by atoms with Crippen molar-refractivity contribution < 1.29 is 26.3 Å². The number of benzene rings is 1. The molecule has 0 nitrogen and oxygen atoms in total. The van der Waals surface area contributed by atoms with Crippen LogP contribution in [0.25, 0.3) is 0 Å². The van der Waals surface area contributed by atoms with Gasteiger partial charge in [0.05, 0.1) is 11.1 Å². The van der Waals surface area contributed by atoms with Crippen LogP contribution in [-0.2, 0) is 18.8 Å². The molecular weight excluding hydrogens is 294 g/mol. The van der Waals surface area contributed by atoms with Gasteiger partial charge in [-0.2, -0.15) is 26.3 Å². The molecule has 0 saturated heterocycles. The molecule has 0 aromatic heterocycles. The first-order valence-corrected chi connectivity index (χ1v) is 6.93. The SMILES string of the molecule is CCCCCCCc1cc(C(F)(F)F)cc(C(F)(F)F)c1. The van der Waals surface area contributed by atoms with Gasteiger partial charge in [-0.3, -0.25) is 0 Å². The van der Waals surface area contributed by atoms with E-state index in [2.05, 4.69) is 0 Å². The fraction of sp³-hybridized carbons (Fsp3) is 0.600. The fourth-order valence-corrected chi connectivity index (χ4v) is 2.10. The maximum atomic E-state index is 12.7. The summed E-state index contributed by atoms with van der Waals surface area (Å²) in [5.41, 5.74) is -2.38. The zero-order chi connectivity index (χ0) is 16.1. The predicted molar refractivity (Wildman–Crippen MR) is 68.9 cm³/mol. The van der Waals surface area contributed by atoms with Gasteiger partial charge in [0, 0.05) is 0 Å². The quantitative estimate of drug-likeness (QED) is 0.431. The van der Waals surface area contributed by atoms with Gasteiger partial charge in [0.2, 0.25) is 0 Å². The second-order valence-electron chi connectivity index (χ2n) is 5.08. The van der Waals surface area contributed by atoms with Crippen molar-refractivity contribution in [3.05, 3.63) is 34.9 Å². The van der Waals surface area contributed by atoms with Gasteiger partial charge in [0.1, 0.15) is 0 Å². The van der Waals surface area contributed by atoms with Gasteiger partial charge in [-0.05, 0) is 36.6 Å². The number of aryl methyl sites for hydroxylation is 1. The highest BCUT2D eigenvalue weighted by Crippen LogP contribution is 2.36. The highest BCUT2D eigenvalue weighted by Gasteiger charge is 2.36. The summed E-state index contributed by atoms with van der Waals surface area (Å²) in [4.78, 5) is 0. The van der Waals surface area contributed by atoms with Crippen LogP contribution in [-0.4, -0.2) is 0 Å². The average Bonchev–Trinajstić information content (AvgIpc) is 2.36. The van der Waals surface area contributed by atoms with Crippen molar-refractivity contribution in [3.8, 4) is 0 Å². The van der Waals surface area contributed by atoms with Gasteiger partial charge < -0.3 is 0 Å². The van der Waals surface area contributed by atoms with E-state index >= 15 is 0 Å². The predicted octanol–water partition coefficient (Wildman–Crippen LogP) is 6.24. The summed E-state index contributed by atoms with van der Waals surface area (Å²) in [7, 11) is 0. The Bertz CT molecular complexity index is 412. The molecule has 21 heavy (non-hydrogen) atoms. The molecule has 0 saturated carbocycles. The lowest BCUT2D eigenvalue weighted by atomic mass is 10.00. The Kier molecular flexibility index (Phi) is 6.10. The van der Waals surface area contributed by atoms with Crippen molar-refractivity contribution >= 4 is 0 Å². The second-order valence-corrected chi connectivity index (χ2v) is 5.08. The minimum Gasteiger partial charge on any atom is -0.166 e. The number of rotatable bonds is 6. The van der Waals surface area contributed by atoms with Crippen molar-refractivity contribution in [2.24, 2.45) is 0 Å². The molecule has 0 N–H and O–H groups in total. The Balaban J connectivity index is 2.88. The van der Waals surface area contributed by atoms with Crippen LogP contribution in [0.15, 0.2) is 18.2 Å². The molecule has 1 rings (SSSR count). The summed E-state index contributed by atoms with van der Waals surface area (Å²) in [6.45, 7) is 2.03. The van der Waals surface area contributed by atoms with Crippen molar-refractivity contribution in [2.45, 2.75) is 57.8 Å². The van der Waals surface area contributed by atoms with E-state index in [1.54, 1.807) is 0 Å². The minimum atomic E-state index is -4.77. The normalized spacial score (nSPS) is 12.7. The van der Waals surface area contributed by atoms with E-state index in [-0.39, 0.29) is 18.1 Å². The van der Waals surface area contributed by atoms with Crippen molar-refractivity contribution in [2.75, 3.05) is 0 Å². The van der Waals surface area contributed by atoms with Gasteiger partial charge in [-0.15, -0.1) is 0 Å². The molecule has 0 heterocycles. The molecule has 0 bridgehead atoms. The molecule has 1 aromatic rings. The van der Waals surface area contributed by atoms with Crippen LogP contribution in [0.2, 0.25) is 0 Å². The molecule has 0 aliphatic heterocycles. The van der Waals surface area contributed by atoms with E-state index in [4.69, 9.17) is 0 Å². The Labute approximate surface area is 120 Å². The first-order chi connectivity index (χ1) is 9.64. The summed E-state index contributed by atoms with van der Waals surface area (Å²) >= 11 is 0. The number of unbranched alkanes of at least 4 members (excludes halogenated alkanes) is 4. The molecule has 0 radical (unpaired) electrons. The first kappa shape index (κ1) is 17.9. The largest absolute Gasteiger partial charge is 0.416 e. The fourth-order valence-electron chi connectivity index (χ4n) is 2.10. The third kappa shape index (κ3) is 5.98. The first-order valence-electron chi connectivity index (χ1n) is 6.93. The topological polar surface area (TPSA) is 0 Å².